The van der Waals surface area contributed by atoms with Crippen LogP contribution in [-0.2, 0) is 30.5 Å². The van der Waals surface area contributed by atoms with E-state index in [2.05, 4.69) is 20.7 Å². The van der Waals surface area contributed by atoms with Gasteiger partial charge in [0.05, 0.1) is 5.56 Å². The third-order valence-electron chi connectivity index (χ3n) is 6.46. The molecule has 0 spiro atoms. The number of nitrogens with zero attached hydrogens (tertiary/aromatic N) is 1. The van der Waals surface area contributed by atoms with Crippen molar-refractivity contribution in [3.8, 4) is 0 Å². The van der Waals surface area contributed by atoms with Crippen molar-refractivity contribution in [2.45, 2.75) is 58.3 Å². The number of rotatable bonds is 14. The number of amides is 3. The molecule has 2 rings (SSSR count). The number of hydrogen-bond donors (Lipinski definition) is 4. The van der Waals surface area contributed by atoms with Crippen LogP contribution < -0.4 is 27.2 Å². The molecule has 0 radical (unpaired) electrons. The van der Waals surface area contributed by atoms with Gasteiger partial charge < -0.3 is 31.0 Å². The van der Waals surface area contributed by atoms with Gasteiger partial charge in [-0.3, -0.25) is 19.2 Å². The number of nitrogen functional groups attached to an aromatic ring is 1. The Balaban J connectivity index is 2.17. The second kappa shape index (κ2) is 16.6. The fourth-order valence-corrected chi connectivity index (χ4v) is 3.86. The quantitative estimate of drug-likeness (QED) is 0.108. The molecule has 1 atom stereocenters. The lowest BCUT2D eigenvalue weighted by Gasteiger charge is -2.19. The van der Waals surface area contributed by atoms with Crippen molar-refractivity contribution >= 4 is 41.0 Å². The molecule has 44 heavy (non-hydrogen) atoms. The molecule has 1 heterocycles. The van der Waals surface area contributed by atoms with Crippen LogP contribution in [0.25, 0.3) is 0 Å². The summed E-state index contributed by atoms with van der Waals surface area (Å²) in [5, 5.41) is 7.68. The Hall–Kier alpha value is -4.95. The summed E-state index contributed by atoms with van der Waals surface area (Å²) in [6.45, 7) is 4.17. The fraction of sp³-hybridized carbons (Fsp3) is 0.379. The van der Waals surface area contributed by atoms with Gasteiger partial charge >= 0.3 is 18.1 Å². The Morgan fingerprint density at radius 3 is 2.36 bits per heavy atom. The number of nitrogens with one attached hydrogen (secondary N) is 3. The summed E-state index contributed by atoms with van der Waals surface area (Å²) in [7, 11) is 0. The molecule has 0 fully saturated rings. The molecule has 1 unspecified atom stereocenters. The number of hydrogen-bond acceptors (Lipinski definition) is 8. The van der Waals surface area contributed by atoms with Gasteiger partial charge in [0.1, 0.15) is 18.3 Å². The second-order valence-corrected chi connectivity index (χ2v) is 9.63. The first-order valence-corrected chi connectivity index (χ1v) is 13.7. The second-order valence-electron chi connectivity index (χ2n) is 9.63. The largest absolute Gasteiger partial charge is 0.491 e. The topological polar surface area (TPSA) is 179 Å². The van der Waals surface area contributed by atoms with E-state index in [4.69, 9.17) is 5.73 Å². The molecule has 1 aromatic heterocycles. The molecule has 1 aromatic carbocycles. The number of pyridine rings is 1. The number of ether oxygens (including phenoxy) is 1. The maximum atomic E-state index is 13.2. The fourth-order valence-electron chi connectivity index (χ4n) is 3.86. The third-order valence-corrected chi connectivity index (χ3v) is 6.46. The smallest absolute Gasteiger partial charge is 0.398 e. The van der Waals surface area contributed by atoms with Crippen LogP contribution in [0.3, 0.4) is 0 Å². The minimum absolute atomic E-state index is 0.0524. The van der Waals surface area contributed by atoms with E-state index in [1.54, 1.807) is 12.1 Å². The zero-order valence-electron chi connectivity index (χ0n) is 24.1. The third kappa shape index (κ3) is 11.0. The number of carbonyl (C=O) groups excluding carboxylic acids is 5. The van der Waals surface area contributed by atoms with Crippen molar-refractivity contribution < 1.29 is 41.9 Å². The normalized spacial score (nSPS) is 12.0. The highest BCUT2D eigenvalue weighted by Crippen LogP contribution is 2.17. The van der Waals surface area contributed by atoms with E-state index in [1.165, 1.54) is 30.5 Å². The van der Waals surface area contributed by atoms with Crippen molar-refractivity contribution in [3.05, 3.63) is 70.7 Å². The molecule has 0 saturated carbocycles. The number of para-hydroxylation sites is 1. The number of halogens is 3. The van der Waals surface area contributed by atoms with Gasteiger partial charge in [-0.25, -0.2) is 9.59 Å². The SMILES string of the molecule is CCC(CC)CNC(=O)Cn1cccc(NC(=O)C(CCC=CC(=O)OC(=O)C(F)(F)F)NC(=O)c2ccccc2N)c1=O. The Labute approximate surface area is 250 Å². The van der Waals surface area contributed by atoms with Gasteiger partial charge in [-0.1, -0.05) is 44.9 Å². The average Bonchev–Trinajstić information content (AvgIpc) is 2.96. The van der Waals surface area contributed by atoms with E-state index in [-0.39, 0.29) is 36.3 Å². The zero-order chi connectivity index (χ0) is 32.9. The first kappa shape index (κ1) is 35.2. The maximum absolute atomic E-state index is 13.2. The summed E-state index contributed by atoms with van der Waals surface area (Å²) < 4.78 is 41.6. The van der Waals surface area contributed by atoms with E-state index in [0.29, 0.717) is 18.5 Å². The summed E-state index contributed by atoms with van der Waals surface area (Å²) in [5.74, 6) is -5.94. The van der Waals surface area contributed by atoms with Crippen molar-refractivity contribution in [1.29, 1.82) is 0 Å². The molecule has 0 bridgehead atoms. The zero-order valence-corrected chi connectivity index (χ0v) is 24.1. The summed E-state index contributed by atoms with van der Waals surface area (Å²) in [6, 6.07) is 7.45. The number of alkyl halides is 3. The van der Waals surface area contributed by atoms with Crippen molar-refractivity contribution in [2.24, 2.45) is 5.92 Å². The molecular weight excluding hydrogens is 587 g/mol. The molecule has 0 aliphatic carbocycles. The van der Waals surface area contributed by atoms with Gasteiger partial charge in [-0.15, -0.1) is 0 Å². The summed E-state index contributed by atoms with van der Waals surface area (Å²) in [4.78, 5) is 73.8. The van der Waals surface area contributed by atoms with Crippen LogP contribution >= 0.6 is 0 Å². The van der Waals surface area contributed by atoms with Crippen LogP contribution in [0.2, 0.25) is 0 Å². The number of nitrogens with two attached hydrogens (primary N) is 1. The van der Waals surface area contributed by atoms with E-state index in [0.717, 1.165) is 23.5 Å². The Morgan fingerprint density at radius 2 is 1.73 bits per heavy atom. The number of carbonyl (C=O) groups is 5. The molecule has 238 valence electrons. The first-order valence-electron chi connectivity index (χ1n) is 13.7. The summed E-state index contributed by atoms with van der Waals surface area (Å²) >= 11 is 0. The van der Waals surface area contributed by atoms with Crippen molar-refractivity contribution in [2.75, 3.05) is 17.6 Å². The minimum Gasteiger partial charge on any atom is -0.398 e. The molecule has 0 aliphatic rings. The van der Waals surface area contributed by atoms with E-state index >= 15 is 0 Å². The molecule has 0 saturated heterocycles. The molecule has 2 aromatic rings. The molecule has 0 aliphatic heterocycles. The van der Waals surface area contributed by atoms with Gasteiger partial charge in [0, 0.05) is 24.5 Å². The number of aromatic nitrogens is 1. The number of esters is 2. The van der Waals surface area contributed by atoms with Crippen LogP contribution in [0.5, 0.6) is 0 Å². The van der Waals surface area contributed by atoms with Crippen LogP contribution in [0.4, 0.5) is 24.5 Å². The van der Waals surface area contributed by atoms with E-state index in [9.17, 15) is 41.9 Å². The van der Waals surface area contributed by atoms with E-state index in [1.807, 2.05) is 13.8 Å². The molecule has 15 heteroatoms. The average molecular weight is 622 g/mol. The first-order chi connectivity index (χ1) is 20.8. The highest BCUT2D eigenvalue weighted by atomic mass is 19.4. The monoisotopic (exact) mass is 621 g/mol. The van der Waals surface area contributed by atoms with Crippen LogP contribution in [-0.4, -0.2) is 53.0 Å². The van der Waals surface area contributed by atoms with Crippen LogP contribution in [0.15, 0.2) is 59.5 Å². The standard InChI is InChI=1S/C29H34F3N5O7/c1-3-18(4-2)16-34-23(38)17-37-15-9-13-22(27(37)42)36-26(41)21(35-25(40)19-10-5-6-11-20(19)33)12-7-8-14-24(39)44-28(43)29(30,31)32/h5-6,8-11,13-15,18,21H,3-4,7,12,16-17,33H2,1-2H3,(H,34,38)(H,35,40)(H,36,41). The highest BCUT2D eigenvalue weighted by molar-refractivity contribution is 6.03. The summed E-state index contributed by atoms with van der Waals surface area (Å²) in [6.07, 6.45) is -0.948. The summed E-state index contributed by atoms with van der Waals surface area (Å²) in [5.41, 5.74) is 5.14. The lowest BCUT2D eigenvalue weighted by atomic mass is 10.0. The molecule has 5 N–H and O–H groups in total. The Kier molecular flexibility index (Phi) is 13.3. The molecule has 12 nitrogen and oxygen atoms in total. The molecule has 3 amide bonds. The van der Waals surface area contributed by atoms with Crippen LogP contribution in [0, 0.1) is 5.92 Å². The lowest BCUT2D eigenvalue weighted by Crippen LogP contribution is -2.45. The maximum Gasteiger partial charge on any atom is 0.491 e. The molecular formula is C29H34F3N5O7. The minimum atomic E-state index is -5.36. The van der Waals surface area contributed by atoms with Gasteiger partial charge in [0.15, 0.2) is 0 Å². The van der Waals surface area contributed by atoms with Crippen molar-refractivity contribution in [1.82, 2.24) is 15.2 Å². The predicted molar refractivity (Wildman–Crippen MR) is 154 cm³/mol. The Bertz CT molecular complexity index is 1430. The van der Waals surface area contributed by atoms with Crippen LogP contribution in [0.1, 0.15) is 49.9 Å². The van der Waals surface area contributed by atoms with Gasteiger partial charge in [-0.2, -0.15) is 13.2 Å². The number of benzene rings is 1. The Morgan fingerprint density at radius 1 is 1.05 bits per heavy atom. The predicted octanol–water partition coefficient (Wildman–Crippen LogP) is 2.69. The lowest BCUT2D eigenvalue weighted by molar-refractivity contribution is -0.200. The van der Waals surface area contributed by atoms with Gasteiger partial charge in [0.25, 0.3) is 11.5 Å². The van der Waals surface area contributed by atoms with Crippen molar-refractivity contribution in [3.63, 3.8) is 0 Å². The van der Waals surface area contributed by atoms with Gasteiger partial charge in [-0.05, 0) is 43.0 Å². The number of anilines is 2. The van der Waals surface area contributed by atoms with E-state index < -0.39 is 47.4 Å². The number of allylic oxidation sites excluding steroid dienone is 1. The highest BCUT2D eigenvalue weighted by Gasteiger charge is 2.42. The van der Waals surface area contributed by atoms with Gasteiger partial charge in [0.2, 0.25) is 11.8 Å².